The number of ether oxygens (including phenoxy) is 1. The van der Waals surface area contributed by atoms with Gasteiger partial charge in [0.1, 0.15) is 5.60 Å². The molecule has 1 aliphatic heterocycles. The van der Waals surface area contributed by atoms with Gasteiger partial charge in [0.2, 0.25) is 0 Å². The molecular formula is C19H20N2O. The van der Waals surface area contributed by atoms with Gasteiger partial charge in [0.15, 0.2) is 0 Å². The van der Waals surface area contributed by atoms with Crippen molar-refractivity contribution >= 4 is 0 Å². The quantitative estimate of drug-likeness (QED) is 0.657. The van der Waals surface area contributed by atoms with Gasteiger partial charge in [0.05, 0.1) is 6.61 Å². The largest absolute Gasteiger partial charge is 0.364 e. The minimum Gasteiger partial charge on any atom is -0.364 e. The Bertz CT molecular complexity index is 670. The van der Waals surface area contributed by atoms with E-state index in [1.165, 1.54) is 5.56 Å². The van der Waals surface area contributed by atoms with E-state index in [0.717, 1.165) is 23.3 Å². The minimum atomic E-state index is -0.275. The highest BCUT2D eigenvalue weighted by Gasteiger charge is 2.47. The van der Waals surface area contributed by atoms with E-state index in [1.807, 2.05) is 36.5 Å². The molecule has 3 nitrogen and oxygen atoms in total. The average Bonchev–Trinajstić information content (AvgIpc) is 3.34. The Morgan fingerprint density at radius 3 is 2.55 bits per heavy atom. The van der Waals surface area contributed by atoms with E-state index in [1.54, 1.807) is 0 Å². The average molecular weight is 292 g/mol. The summed E-state index contributed by atoms with van der Waals surface area (Å²) < 4.78 is 5.69. The second kappa shape index (κ2) is 6.26. The Hall–Kier alpha value is -2.23. The lowest BCUT2D eigenvalue weighted by molar-refractivity contribution is 0.339. The standard InChI is InChI=1S/C19H20N2O/c1-2-17(10-11-20)19(14-22-19)12-18-9-8-16(13-21-18)15-6-4-3-5-7-15/h2-10,13H,1,11-12,14,20H2/b17-10+. The van der Waals surface area contributed by atoms with Crippen molar-refractivity contribution in [2.24, 2.45) is 5.73 Å². The summed E-state index contributed by atoms with van der Waals surface area (Å²) in [7, 11) is 0. The predicted octanol–water partition coefficient (Wildman–Crippen LogP) is 3.13. The number of hydrogen-bond acceptors (Lipinski definition) is 3. The smallest absolute Gasteiger partial charge is 0.122 e. The normalized spacial score (nSPS) is 20.7. The summed E-state index contributed by atoms with van der Waals surface area (Å²) in [6, 6.07) is 14.4. The van der Waals surface area contributed by atoms with Gasteiger partial charge < -0.3 is 10.5 Å². The first kappa shape index (κ1) is 14.7. The predicted molar refractivity (Wildman–Crippen MR) is 89.4 cm³/mol. The number of benzene rings is 1. The van der Waals surface area contributed by atoms with Crippen LogP contribution in [0.25, 0.3) is 11.1 Å². The van der Waals surface area contributed by atoms with Crippen LogP contribution in [0.2, 0.25) is 0 Å². The fraction of sp³-hybridized carbons (Fsp3) is 0.211. The fourth-order valence-electron chi connectivity index (χ4n) is 2.66. The molecule has 2 aromatic rings. The number of rotatable bonds is 6. The van der Waals surface area contributed by atoms with Gasteiger partial charge in [0, 0.05) is 30.4 Å². The van der Waals surface area contributed by atoms with Crippen LogP contribution in [0.3, 0.4) is 0 Å². The molecule has 1 aromatic heterocycles. The van der Waals surface area contributed by atoms with Crippen molar-refractivity contribution in [3.63, 3.8) is 0 Å². The molecule has 0 saturated carbocycles. The van der Waals surface area contributed by atoms with E-state index < -0.39 is 0 Å². The molecule has 1 aliphatic rings. The first-order valence-corrected chi connectivity index (χ1v) is 7.45. The third kappa shape index (κ3) is 3.01. The summed E-state index contributed by atoms with van der Waals surface area (Å²) >= 11 is 0. The lowest BCUT2D eigenvalue weighted by atomic mass is 9.93. The molecule has 0 aliphatic carbocycles. The lowest BCUT2D eigenvalue weighted by Crippen LogP contribution is -2.19. The minimum absolute atomic E-state index is 0.275. The van der Waals surface area contributed by atoms with E-state index in [2.05, 4.69) is 35.8 Å². The first-order valence-electron chi connectivity index (χ1n) is 7.45. The molecular weight excluding hydrogens is 272 g/mol. The molecule has 3 heteroatoms. The maximum atomic E-state index is 5.69. The maximum Gasteiger partial charge on any atom is 0.122 e. The Morgan fingerprint density at radius 1 is 1.23 bits per heavy atom. The zero-order chi connectivity index (χ0) is 15.4. The lowest BCUT2D eigenvalue weighted by Gasteiger charge is -2.13. The molecule has 0 bridgehead atoms. The number of epoxide rings is 1. The molecule has 2 N–H and O–H groups in total. The van der Waals surface area contributed by atoms with E-state index in [4.69, 9.17) is 10.5 Å². The summed E-state index contributed by atoms with van der Waals surface area (Å²) in [6.07, 6.45) is 6.47. The van der Waals surface area contributed by atoms with Crippen LogP contribution < -0.4 is 5.73 Å². The van der Waals surface area contributed by atoms with Crippen molar-refractivity contribution in [1.82, 2.24) is 4.98 Å². The molecule has 1 aromatic carbocycles. The summed E-state index contributed by atoms with van der Waals surface area (Å²) in [5.74, 6) is 0. The molecule has 1 fully saturated rings. The Morgan fingerprint density at radius 2 is 2.00 bits per heavy atom. The zero-order valence-electron chi connectivity index (χ0n) is 12.5. The van der Waals surface area contributed by atoms with Gasteiger partial charge in [-0.15, -0.1) is 0 Å². The van der Waals surface area contributed by atoms with Crippen molar-refractivity contribution in [1.29, 1.82) is 0 Å². The summed E-state index contributed by atoms with van der Waals surface area (Å²) in [5, 5.41) is 0. The SMILES string of the molecule is C=C/C(=C\CN)C1(Cc2ccc(-c3ccccc3)cn2)CO1. The van der Waals surface area contributed by atoms with E-state index in [0.29, 0.717) is 13.2 Å². The zero-order valence-corrected chi connectivity index (χ0v) is 12.5. The number of nitrogens with two attached hydrogens (primary N) is 1. The van der Waals surface area contributed by atoms with Crippen LogP contribution in [-0.4, -0.2) is 23.7 Å². The van der Waals surface area contributed by atoms with Crippen LogP contribution in [0.1, 0.15) is 5.69 Å². The number of hydrogen-bond donors (Lipinski definition) is 1. The van der Waals surface area contributed by atoms with Gasteiger partial charge >= 0.3 is 0 Å². The molecule has 2 heterocycles. The highest BCUT2D eigenvalue weighted by atomic mass is 16.6. The molecule has 1 unspecified atom stereocenters. The van der Waals surface area contributed by atoms with Gasteiger partial charge in [-0.05, 0) is 17.2 Å². The molecule has 112 valence electrons. The highest BCUT2D eigenvalue weighted by Crippen LogP contribution is 2.38. The Kier molecular flexibility index (Phi) is 4.18. The first-order chi connectivity index (χ1) is 10.8. The van der Waals surface area contributed by atoms with E-state index in [-0.39, 0.29) is 5.60 Å². The maximum absolute atomic E-state index is 5.69. The van der Waals surface area contributed by atoms with Crippen molar-refractivity contribution in [2.75, 3.05) is 13.2 Å². The fourth-order valence-corrected chi connectivity index (χ4v) is 2.66. The number of pyridine rings is 1. The van der Waals surface area contributed by atoms with Gasteiger partial charge in [-0.2, -0.15) is 0 Å². The van der Waals surface area contributed by atoms with Crippen LogP contribution in [0.15, 0.2) is 73.0 Å². The third-order valence-electron chi connectivity index (χ3n) is 3.98. The van der Waals surface area contributed by atoms with Gasteiger partial charge in [0.25, 0.3) is 0 Å². The molecule has 22 heavy (non-hydrogen) atoms. The molecule has 0 amide bonds. The molecule has 1 saturated heterocycles. The summed E-state index contributed by atoms with van der Waals surface area (Å²) in [6.45, 7) is 5.05. The topological polar surface area (TPSA) is 51.4 Å². The van der Waals surface area contributed by atoms with Crippen molar-refractivity contribution in [2.45, 2.75) is 12.0 Å². The van der Waals surface area contributed by atoms with Gasteiger partial charge in [-0.3, -0.25) is 4.98 Å². The van der Waals surface area contributed by atoms with Crippen molar-refractivity contribution in [3.05, 3.63) is 78.7 Å². The van der Waals surface area contributed by atoms with Crippen LogP contribution in [-0.2, 0) is 11.2 Å². The van der Waals surface area contributed by atoms with Crippen LogP contribution in [0.5, 0.6) is 0 Å². The van der Waals surface area contributed by atoms with Crippen LogP contribution >= 0.6 is 0 Å². The summed E-state index contributed by atoms with van der Waals surface area (Å²) in [4.78, 5) is 4.58. The van der Waals surface area contributed by atoms with Gasteiger partial charge in [-0.1, -0.05) is 55.1 Å². The second-order valence-electron chi connectivity index (χ2n) is 5.46. The van der Waals surface area contributed by atoms with Crippen molar-refractivity contribution in [3.8, 4) is 11.1 Å². The van der Waals surface area contributed by atoms with Crippen LogP contribution in [0, 0.1) is 0 Å². The molecule has 0 radical (unpaired) electrons. The Balaban J connectivity index is 1.77. The summed E-state index contributed by atoms with van der Waals surface area (Å²) in [5.41, 5.74) is 9.71. The van der Waals surface area contributed by atoms with E-state index >= 15 is 0 Å². The van der Waals surface area contributed by atoms with Crippen molar-refractivity contribution < 1.29 is 4.74 Å². The monoisotopic (exact) mass is 292 g/mol. The molecule has 0 spiro atoms. The Labute approximate surface area is 131 Å². The van der Waals surface area contributed by atoms with Crippen LogP contribution in [0.4, 0.5) is 0 Å². The molecule has 1 atom stereocenters. The highest BCUT2D eigenvalue weighted by molar-refractivity contribution is 5.62. The second-order valence-corrected chi connectivity index (χ2v) is 5.46. The number of aromatic nitrogens is 1. The van der Waals surface area contributed by atoms with Gasteiger partial charge in [-0.25, -0.2) is 0 Å². The number of nitrogens with zero attached hydrogens (tertiary/aromatic N) is 1. The van der Waals surface area contributed by atoms with E-state index in [9.17, 15) is 0 Å². The molecule has 3 rings (SSSR count). The third-order valence-corrected chi connectivity index (χ3v) is 3.98.